The Morgan fingerprint density at radius 3 is 2.27 bits per heavy atom. The molecule has 0 aromatic heterocycles. The van der Waals surface area contributed by atoms with Gasteiger partial charge < -0.3 is 16.0 Å². The maximum atomic E-state index is 11.9. The van der Waals surface area contributed by atoms with Crippen molar-refractivity contribution in [3.63, 3.8) is 0 Å². The number of nitrogens with one attached hydrogen (secondary N) is 3. The van der Waals surface area contributed by atoms with Crippen LogP contribution in [-0.2, 0) is 20.8 Å². The van der Waals surface area contributed by atoms with Crippen molar-refractivity contribution >= 4 is 23.4 Å². The molecule has 1 aromatic rings. The van der Waals surface area contributed by atoms with Crippen LogP contribution >= 0.6 is 0 Å². The molecule has 0 radical (unpaired) electrons. The lowest BCUT2D eigenvalue weighted by Crippen LogP contribution is -2.40. The van der Waals surface area contributed by atoms with Gasteiger partial charge in [-0.05, 0) is 30.9 Å². The van der Waals surface area contributed by atoms with Crippen LogP contribution in [0.1, 0.15) is 31.2 Å². The van der Waals surface area contributed by atoms with E-state index in [0.29, 0.717) is 6.42 Å². The second-order valence-corrected chi connectivity index (χ2v) is 5.32. The van der Waals surface area contributed by atoms with Gasteiger partial charge in [-0.2, -0.15) is 0 Å². The average Bonchev–Trinajstić information content (AvgIpc) is 2.51. The molecule has 0 unspecified atom stereocenters. The lowest BCUT2D eigenvalue weighted by Gasteiger charge is -2.11. The highest BCUT2D eigenvalue weighted by atomic mass is 16.2. The number of carbonyl (C=O) groups excluding carboxylic acids is 3. The van der Waals surface area contributed by atoms with Gasteiger partial charge in [0.25, 0.3) is 0 Å². The summed E-state index contributed by atoms with van der Waals surface area (Å²) in [5, 5.41) is 7.86. The summed E-state index contributed by atoms with van der Waals surface area (Å²) in [7, 11) is 0. The molecule has 0 fully saturated rings. The van der Waals surface area contributed by atoms with Crippen molar-refractivity contribution in [1.29, 1.82) is 0 Å². The minimum atomic E-state index is -0.369. The molecular weight excluding hydrogens is 282 g/mol. The Balaban J connectivity index is 2.05. The molecular formula is C16H21N3O3. The van der Waals surface area contributed by atoms with Gasteiger partial charge in [0.05, 0.1) is 13.1 Å². The van der Waals surface area contributed by atoms with Gasteiger partial charge in [-0.3, -0.25) is 14.4 Å². The fourth-order valence-corrected chi connectivity index (χ4v) is 2.34. The third kappa shape index (κ3) is 5.20. The number of aryl methyl sites for hydroxylation is 1. The van der Waals surface area contributed by atoms with Gasteiger partial charge in [0.2, 0.25) is 17.7 Å². The van der Waals surface area contributed by atoms with Crippen molar-refractivity contribution in [3.05, 3.63) is 29.8 Å². The van der Waals surface area contributed by atoms with Crippen molar-refractivity contribution in [3.8, 4) is 0 Å². The molecule has 1 aliphatic rings. The summed E-state index contributed by atoms with van der Waals surface area (Å²) in [6.07, 6.45) is 3.96. The highest BCUT2D eigenvalue weighted by Gasteiger charge is 2.10. The fourth-order valence-electron chi connectivity index (χ4n) is 2.34. The van der Waals surface area contributed by atoms with E-state index in [2.05, 4.69) is 16.0 Å². The van der Waals surface area contributed by atoms with Crippen LogP contribution in [0.3, 0.4) is 0 Å². The first-order chi connectivity index (χ1) is 10.6. The average molecular weight is 303 g/mol. The van der Waals surface area contributed by atoms with E-state index in [0.717, 1.165) is 36.9 Å². The molecule has 0 saturated heterocycles. The molecule has 2 rings (SSSR count). The van der Waals surface area contributed by atoms with Crippen molar-refractivity contribution in [2.75, 3.05) is 18.4 Å². The van der Waals surface area contributed by atoms with E-state index in [-0.39, 0.29) is 30.8 Å². The van der Waals surface area contributed by atoms with Crippen LogP contribution < -0.4 is 16.0 Å². The summed E-state index contributed by atoms with van der Waals surface area (Å²) in [5.41, 5.74) is 1.85. The van der Waals surface area contributed by atoms with Crippen molar-refractivity contribution < 1.29 is 14.4 Å². The van der Waals surface area contributed by atoms with Crippen LogP contribution in [0.4, 0.5) is 5.69 Å². The second-order valence-electron chi connectivity index (χ2n) is 5.32. The maximum Gasteiger partial charge on any atom is 0.243 e. The Kier molecular flexibility index (Phi) is 5.94. The number of hydrogen-bond acceptors (Lipinski definition) is 3. The Hall–Kier alpha value is -2.37. The SMILES string of the molecule is O=C1CCCCCc2ccccc2NC(=O)CNC(=O)CN1. The Morgan fingerprint density at radius 1 is 0.727 bits per heavy atom. The highest BCUT2D eigenvalue weighted by Crippen LogP contribution is 2.18. The van der Waals surface area contributed by atoms with Crippen LogP contribution in [0, 0.1) is 0 Å². The third-order valence-electron chi connectivity index (χ3n) is 3.53. The first kappa shape index (κ1) is 16.0. The normalized spacial score (nSPS) is 18.1. The van der Waals surface area contributed by atoms with Crippen molar-refractivity contribution in [2.24, 2.45) is 0 Å². The Bertz CT molecular complexity index is 557. The monoisotopic (exact) mass is 303 g/mol. The summed E-state index contributed by atoms with van der Waals surface area (Å²) in [6, 6.07) is 7.65. The van der Waals surface area contributed by atoms with Gasteiger partial charge in [-0.25, -0.2) is 0 Å². The largest absolute Gasteiger partial charge is 0.347 e. The number of anilines is 1. The predicted octanol–water partition coefficient (Wildman–Crippen LogP) is 0.974. The number of rotatable bonds is 0. The zero-order valence-corrected chi connectivity index (χ0v) is 12.5. The second kappa shape index (κ2) is 8.17. The molecule has 118 valence electrons. The van der Waals surface area contributed by atoms with Gasteiger partial charge in [-0.1, -0.05) is 24.6 Å². The Labute approximate surface area is 129 Å². The maximum absolute atomic E-state index is 11.9. The number of hydrogen-bond donors (Lipinski definition) is 3. The van der Waals surface area contributed by atoms with Gasteiger partial charge >= 0.3 is 0 Å². The summed E-state index contributed by atoms with van der Waals surface area (Å²) < 4.78 is 0. The minimum Gasteiger partial charge on any atom is -0.347 e. The smallest absolute Gasteiger partial charge is 0.243 e. The molecule has 1 heterocycles. The van der Waals surface area contributed by atoms with E-state index >= 15 is 0 Å². The van der Waals surface area contributed by atoms with Crippen molar-refractivity contribution in [2.45, 2.75) is 32.1 Å². The van der Waals surface area contributed by atoms with E-state index in [1.807, 2.05) is 24.3 Å². The van der Waals surface area contributed by atoms with E-state index in [1.54, 1.807) is 0 Å². The van der Waals surface area contributed by atoms with Crippen molar-refractivity contribution in [1.82, 2.24) is 10.6 Å². The predicted molar refractivity (Wildman–Crippen MR) is 83.3 cm³/mol. The number of para-hydroxylation sites is 1. The van der Waals surface area contributed by atoms with Crippen LogP contribution in [-0.4, -0.2) is 30.8 Å². The van der Waals surface area contributed by atoms with Crippen LogP contribution in [0.25, 0.3) is 0 Å². The number of fused-ring (bicyclic) bond motifs is 1. The van der Waals surface area contributed by atoms with Crippen LogP contribution in [0.2, 0.25) is 0 Å². The van der Waals surface area contributed by atoms with E-state index < -0.39 is 0 Å². The lowest BCUT2D eigenvalue weighted by molar-refractivity contribution is -0.127. The molecule has 22 heavy (non-hydrogen) atoms. The first-order valence-corrected chi connectivity index (χ1v) is 7.56. The van der Waals surface area contributed by atoms with E-state index in [4.69, 9.17) is 0 Å². The van der Waals surface area contributed by atoms with Gasteiger partial charge in [0.1, 0.15) is 0 Å². The lowest BCUT2D eigenvalue weighted by atomic mass is 10.0. The molecule has 0 aliphatic carbocycles. The summed E-state index contributed by atoms with van der Waals surface area (Å²) in [5.74, 6) is -0.775. The quantitative estimate of drug-likeness (QED) is 0.667. The van der Waals surface area contributed by atoms with Crippen LogP contribution in [0.5, 0.6) is 0 Å². The molecule has 6 heteroatoms. The fraction of sp³-hybridized carbons (Fsp3) is 0.438. The van der Waals surface area contributed by atoms with Gasteiger partial charge in [0.15, 0.2) is 0 Å². The minimum absolute atomic E-state index is 0.0945. The zero-order valence-electron chi connectivity index (χ0n) is 12.5. The Morgan fingerprint density at radius 2 is 1.41 bits per heavy atom. The van der Waals surface area contributed by atoms with Gasteiger partial charge in [-0.15, -0.1) is 0 Å². The summed E-state index contributed by atoms with van der Waals surface area (Å²) in [4.78, 5) is 35.0. The zero-order chi connectivity index (χ0) is 15.8. The summed E-state index contributed by atoms with van der Waals surface area (Å²) >= 11 is 0. The third-order valence-corrected chi connectivity index (χ3v) is 3.53. The molecule has 0 saturated carbocycles. The first-order valence-electron chi connectivity index (χ1n) is 7.56. The van der Waals surface area contributed by atoms with Gasteiger partial charge in [0, 0.05) is 12.1 Å². The molecule has 3 N–H and O–H groups in total. The number of benzene rings is 1. The molecule has 3 amide bonds. The number of carbonyl (C=O) groups is 3. The van der Waals surface area contributed by atoms with E-state index in [9.17, 15) is 14.4 Å². The highest BCUT2D eigenvalue weighted by molar-refractivity contribution is 5.95. The van der Waals surface area contributed by atoms with Crippen LogP contribution in [0.15, 0.2) is 24.3 Å². The molecule has 1 aliphatic heterocycles. The standard InChI is InChI=1S/C16H21N3O3/c20-14-9-3-1-2-6-12-7-4-5-8-13(12)19-16(22)11-18-15(21)10-17-14/h4-5,7-8H,1-3,6,9-11H2,(H,17,20)(H,18,21)(H,19,22). The summed E-state index contributed by atoms with van der Waals surface area (Å²) in [6.45, 7) is -0.203. The molecule has 0 spiro atoms. The molecule has 0 atom stereocenters. The molecule has 0 bridgehead atoms. The molecule has 6 nitrogen and oxygen atoms in total. The number of amides is 3. The van der Waals surface area contributed by atoms with E-state index in [1.165, 1.54) is 0 Å². The molecule has 1 aromatic carbocycles. The topological polar surface area (TPSA) is 87.3 Å².